The van der Waals surface area contributed by atoms with Gasteiger partial charge in [-0.05, 0) is 37.1 Å². The molecule has 0 spiro atoms. The minimum absolute atomic E-state index is 0.155. The highest BCUT2D eigenvalue weighted by molar-refractivity contribution is 8.01. The maximum atomic E-state index is 12.4. The molecule has 0 fully saturated rings. The number of aryl methyl sites for hydroxylation is 2. The molecule has 0 bridgehead atoms. The molecule has 2 aromatic heterocycles. The first-order valence-corrected chi connectivity index (χ1v) is 9.52. The first-order valence-electron chi connectivity index (χ1n) is 7.72. The fourth-order valence-electron chi connectivity index (χ4n) is 2.34. The average Bonchev–Trinajstić information content (AvgIpc) is 3.25. The number of phenols is 1. The van der Waals surface area contributed by atoms with Crippen molar-refractivity contribution in [2.24, 2.45) is 0 Å². The van der Waals surface area contributed by atoms with E-state index in [1.165, 1.54) is 23.1 Å². The fourth-order valence-corrected chi connectivity index (χ4v) is 3.85. The minimum Gasteiger partial charge on any atom is -0.507 e. The standard InChI is InChI=1S/C17H17N5O2S2/c1-4-5-25-17-22-21-16(26-17)18-15(24)13-8-12(19-20-13)11-7-9(2)6-10(3)14(11)23/h4,6-8,23H,1,5H2,2-3H3,(H,19,20)(H,18,21,24). The number of aromatic amines is 1. The monoisotopic (exact) mass is 387 g/mol. The fraction of sp³-hybridized carbons (Fsp3) is 0.176. The van der Waals surface area contributed by atoms with Crippen LogP contribution in [0, 0.1) is 13.8 Å². The summed E-state index contributed by atoms with van der Waals surface area (Å²) in [6.45, 7) is 7.41. The van der Waals surface area contributed by atoms with E-state index in [1.807, 2.05) is 26.0 Å². The second-order valence-electron chi connectivity index (χ2n) is 5.57. The van der Waals surface area contributed by atoms with E-state index >= 15 is 0 Å². The van der Waals surface area contributed by atoms with Crippen LogP contribution in [0.1, 0.15) is 21.6 Å². The maximum absolute atomic E-state index is 12.4. The van der Waals surface area contributed by atoms with E-state index < -0.39 is 0 Å². The Labute approximate surface area is 158 Å². The molecule has 3 rings (SSSR count). The number of hydrogen-bond donors (Lipinski definition) is 3. The highest BCUT2D eigenvalue weighted by Gasteiger charge is 2.16. The van der Waals surface area contributed by atoms with Crippen molar-refractivity contribution in [2.75, 3.05) is 11.1 Å². The molecule has 3 N–H and O–H groups in total. The lowest BCUT2D eigenvalue weighted by molar-refractivity contribution is 0.102. The van der Waals surface area contributed by atoms with E-state index in [0.717, 1.165) is 21.2 Å². The zero-order chi connectivity index (χ0) is 18.7. The molecule has 0 aliphatic carbocycles. The molecule has 0 radical (unpaired) electrons. The van der Waals surface area contributed by atoms with Crippen molar-refractivity contribution < 1.29 is 9.90 Å². The minimum atomic E-state index is -0.371. The van der Waals surface area contributed by atoms with Crippen LogP contribution in [0.25, 0.3) is 11.3 Å². The normalized spacial score (nSPS) is 10.7. The number of carbonyl (C=O) groups is 1. The highest BCUT2D eigenvalue weighted by atomic mass is 32.2. The predicted octanol–water partition coefficient (Wildman–Crippen LogP) is 3.78. The molecule has 1 aromatic carbocycles. The third-order valence-corrected chi connectivity index (χ3v) is 5.46. The lowest BCUT2D eigenvalue weighted by Crippen LogP contribution is -2.12. The van der Waals surface area contributed by atoms with Gasteiger partial charge in [0.1, 0.15) is 11.4 Å². The van der Waals surface area contributed by atoms with Crippen molar-refractivity contribution in [3.63, 3.8) is 0 Å². The smallest absolute Gasteiger partial charge is 0.275 e. The summed E-state index contributed by atoms with van der Waals surface area (Å²) in [7, 11) is 0. The molecular formula is C17H17N5O2S2. The molecule has 3 aromatic rings. The van der Waals surface area contributed by atoms with E-state index in [4.69, 9.17) is 0 Å². The SMILES string of the molecule is C=CCSc1nnc(NC(=O)c2cc(-c3cc(C)cc(C)c3O)n[nH]2)s1. The van der Waals surface area contributed by atoms with Crippen LogP contribution < -0.4 is 5.32 Å². The van der Waals surface area contributed by atoms with Gasteiger partial charge < -0.3 is 5.11 Å². The Hall–Kier alpha value is -2.65. The first kappa shape index (κ1) is 18.2. The molecule has 0 saturated heterocycles. The maximum Gasteiger partial charge on any atom is 0.275 e. The predicted molar refractivity (Wildman–Crippen MR) is 104 cm³/mol. The highest BCUT2D eigenvalue weighted by Crippen LogP contribution is 2.32. The van der Waals surface area contributed by atoms with Gasteiger partial charge >= 0.3 is 0 Å². The molecule has 1 amide bonds. The third-order valence-electron chi connectivity index (χ3n) is 3.49. The number of aromatic nitrogens is 4. The summed E-state index contributed by atoms with van der Waals surface area (Å²) in [6.07, 6.45) is 1.78. The van der Waals surface area contributed by atoms with E-state index in [9.17, 15) is 9.90 Å². The Morgan fingerprint density at radius 1 is 1.38 bits per heavy atom. The van der Waals surface area contributed by atoms with Crippen LogP contribution >= 0.6 is 23.1 Å². The van der Waals surface area contributed by atoms with Crippen LogP contribution in [0.2, 0.25) is 0 Å². The molecule has 134 valence electrons. The van der Waals surface area contributed by atoms with E-state index in [1.54, 1.807) is 12.1 Å². The number of amides is 1. The number of thioether (sulfide) groups is 1. The molecule has 0 aliphatic rings. The zero-order valence-corrected chi connectivity index (χ0v) is 15.9. The Bertz CT molecular complexity index is 964. The number of anilines is 1. The van der Waals surface area contributed by atoms with Gasteiger partial charge in [-0.3, -0.25) is 15.2 Å². The number of benzene rings is 1. The topological polar surface area (TPSA) is 104 Å². The zero-order valence-electron chi connectivity index (χ0n) is 14.2. The van der Waals surface area contributed by atoms with Gasteiger partial charge in [-0.25, -0.2) is 0 Å². The molecule has 2 heterocycles. The first-order chi connectivity index (χ1) is 12.5. The van der Waals surface area contributed by atoms with Crippen LogP contribution in [0.15, 0.2) is 35.2 Å². The second-order valence-corrected chi connectivity index (χ2v) is 7.82. The van der Waals surface area contributed by atoms with Gasteiger partial charge in [-0.15, -0.1) is 16.8 Å². The Kier molecular flexibility index (Phi) is 5.38. The number of rotatable bonds is 6. The van der Waals surface area contributed by atoms with Crippen molar-refractivity contribution in [2.45, 2.75) is 18.2 Å². The van der Waals surface area contributed by atoms with Crippen molar-refractivity contribution in [3.8, 4) is 17.0 Å². The lowest BCUT2D eigenvalue weighted by Gasteiger charge is -2.06. The Morgan fingerprint density at radius 3 is 2.96 bits per heavy atom. The van der Waals surface area contributed by atoms with Crippen molar-refractivity contribution in [1.29, 1.82) is 0 Å². The van der Waals surface area contributed by atoms with Gasteiger partial charge in [0.15, 0.2) is 4.34 Å². The molecule has 0 aliphatic heterocycles. The third kappa shape index (κ3) is 3.94. The summed E-state index contributed by atoms with van der Waals surface area (Å²) in [5, 5.41) is 28.1. The summed E-state index contributed by atoms with van der Waals surface area (Å²) >= 11 is 2.79. The number of aromatic hydroxyl groups is 1. The second kappa shape index (κ2) is 7.71. The molecule has 26 heavy (non-hydrogen) atoms. The lowest BCUT2D eigenvalue weighted by atomic mass is 10.0. The largest absolute Gasteiger partial charge is 0.507 e. The van der Waals surface area contributed by atoms with Gasteiger partial charge in [0.05, 0.1) is 5.69 Å². The van der Waals surface area contributed by atoms with Crippen LogP contribution in [0.3, 0.4) is 0 Å². The van der Waals surface area contributed by atoms with E-state index in [2.05, 4.69) is 32.3 Å². The quantitative estimate of drug-likeness (QED) is 0.338. The molecular weight excluding hydrogens is 370 g/mol. The van der Waals surface area contributed by atoms with Crippen LogP contribution in [-0.2, 0) is 0 Å². The van der Waals surface area contributed by atoms with Gasteiger partial charge in [0, 0.05) is 11.3 Å². The average molecular weight is 387 g/mol. The number of nitrogens with zero attached hydrogens (tertiary/aromatic N) is 3. The molecule has 0 unspecified atom stereocenters. The number of H-pyrrole nitrogens is 1. The summed E-state index contributed by atoms with van der Waals surface area (Å²) in [4.78, 5) is 12.4. The van der Waals surface area contributed by atoms with Crippen molar-refractivity contribution in [1.82, 2.24) is 20.4 Å². The van der Waals surface area contributed by atoms with Gasteiger partial charge in [-0.2, -0.15) is 5.10 Å². The number of carbonyl (C=O) groups excluding carboxylic acids is 1. The Balaban J connectivity index is 1.76. The van der Waals surface area contributed by atoms with Crippen LogP contribution in [-0.4, -0.2) is 37.2 Å². The van der Waals surface area contributed by atoms with Gasteiger partial charge in [0.2, 0.25) is 5.13 Å². The summed E-state index contributed by atoms with van der Waals surface area (Å²) in [5.74, 6) is 0.511. The number of nitrogens with one attached hydrogen (secondary N) is 2. The Morgan fingerprint density at radius 2 is 2.19 bits per heavy atom. The van der Waals surface area contributed by atoms with Gasteiger partial charge in [0.25, 0.3) is 5.91 Å². The van der Waals surface area contributed by atoms with Crippen molar-refractivity contribution >= 4 is 34.1 Å². The molecule has 9 heteroatoms. The molecule has 0 atom stereocenters. The summed E-state index contributed by atoms with van der Waals surface area (Å²) < 4.78 is 0.755. The van der Waals surface area contributed by atoms with E-state index in [-0.39, 0.29) is 17.4 Å². The summed E-state index contributed by atoms with van der Waals surface area (Å²) in [6, 6.07) is 5.31. The molecule has 0 saturated carbocycles. The van der Waals surface area contributed by atoms with E-state index in [0.29, 0.717) is 16.4 Å². The van der Waals surface area contributed by atoms with Crippen LogP contribution in [0.5, 0.6) is 5.75 Å². The number of hydrogen-bond acceptors (Lipinski definition) is 7. The van der Waals surface area contributed by atoms with Gasteiger partial charge in [-0.1, -0.05) is 35.2 Å². The summed E-state index contributed by atoms with van der Waals surface area (Å²) in [5.41, 5.74) is 3.11. The van der Waals surface area contributed by atoms with Crippen LogP contribution in [0.4, 0.5) is 5.13 Å². The number of phenolic OH excluding ortho intramolecular Hbond substituents is 1. The molecule has 7 nitrogen and oxygen atoms in total. The van der Waals surface area contributed by atoms with Crippen molar-refractivity contribution in [3.05, 3.63) is 47.7 Å².